The topological polar surface area (TPSA) is 180 Å². The zero-order valence-corrected chi connectivity index (χ0v) is 18.3. The number of aliphatic hydroxyl groups is 3. The molecule has 33 heavy (non-hydrogen) atoms. The molecule has 3 heterocycles. The minimum absolute atomic E-state index is 0.128. The maximum atomic E-state index is 11.1. The largest absolute Gasteiger partial charge is 0.394 e. The second-order valence-electron chi connectivity index (χ2n) is 7.78. The molecule has 0 saturated carbocycles. The number of aromatic nitrogens is 4. The monoisotopic (exact) mass is 479 g/mol. The van der Waals surface area contributed by atoms with Crippen LogP contribution in [0.15, 0.2) is 41.8 Å². The summed E-state index contributed by atoms with van der Waals surface area (Å²) in [5, 5.41) is 32.8. The zero-order valence-electron chi connectivity index (χ0n) is 17.5. The number of rotatable bonds is 9. The molecule has 2 unspecified atom stereocenters. The Labute approximate surface area is 189 Å². The first kappa shape index (κ1) is 23.5. The van der Waals surface area contributed by atoms with E-state index >= 15 is 0 Å². The van der Waals surface area contributed by atoms with E-state index in [1.54, 1.807) is 12.1 Å². The molecular formula is C20H25N5O7S. The van der Waals surface area contributed by atoms with E-state index < -0.39 is 41.3 Å². The van der Waals surface area contributed by atoms with Gasteiger partial charge in [-0.3, -0.25) is 9.12 Å². The number of unbranched alkanes of at least 4 members (excludes halogenated alkanes) is 1. The molecule has 5 N–H and O–H groups in total. The molecule has 1 saturated heterocycles. The van der Waals surface area contributed by atoms with Gasteiger partial charge in [-0.25, -0.2) is 15.0 Å². The van der Waals surface area contributed by atoms with Crippen molar-refractivity contribution >= 4 is 27.1 Å². The highest BCUT2D eigenvalue weighted by atomic mass is 32.2. The van der Waals surface area contributed by atoms with Gasteiger partial charge in [-0.2, -0.15) is 8.42 Å². The number of anilines is 1. The van der Waals surface area contributed by atoms with Gasteiger partial charge >= 0.3 is 0 Å². The van der Waals surface area contributed by atoms with Crippen molar-refractivity contribution in [2.45, 2.75) is 48.7 Å². The summed E-state index contributed by atoms with van der Waals surface area (Å²) in [6.45, 7) is 0.184. The van der Waals surface area contributed by atoms with Crippen LogP contribution in [0, 0.1) is 0 Å². The van der Waals surface area contributed by atoms with E-state index in [0.29, 0.717) is 23.5 Å². The Morgan fingerprint density at radius 1 is 1.06 bits per heavy atom. The van der Waals surface area contributed by atoms with Gasteiger partial charge in [0.2, 0.25) is 0 Å². The molecular weight excluding hydrogens is 454 g/mol. The molecule has 4 atom stereocenters. The molecule has 1 aliphatic heterocycles. The maximum absolute atomic E-state index is 11.1. The quantitative estimate of drug-likeness (QED) is 0.208. The van der Waals surface area contributed by atoms with Gasteiger partial charge in [0.05, 0.1) is 17.8 Å². The number of imidazole rings is 1. The Morgan fingerprint density at radius 2 is 1.82 bits per heavy atom. The highest BCUT2D eigenvalue weighted by Crippen LogP contribution is 2.32. The van der Waals surface area contributed by atoms with E-state index in [1.807, 2.05) is 0 Å². The van der Waals surface area contributed by atoms with Crippen molar-refractivity contribution < 1.29 is 33.0 Å². The van der Waals surface area contributed by atoms with Gasteiger partial charge in [0, 0.05) is 6.54 Å². The lowest BCUT2D eigenvalue weighted by Crippen LogP contribution is -2.33. The van der Waals surface area contributed by atoms with Gasteiger partial charge in [-0.05, 0) is 37.0 Å². The van der Waals surface area contributed by atoms with Crippen LogP contribution in [0.3, 0.4) is 0 Å². The fraction of sp³-hybridized carbons (Fsp3) is 0.450. The molecule has 1 aliphatic rings. The minimum atomic E-state index is -4.19. The van der Waals surface area contributed by atoms with Crippen LogP contribution in [-0.2, 0) is 21.3 Å². The van der Waals surface area contributed by atoms with Gasteiger partial charge in [-0.15, -0.1) is 0 Å². The van der Waals surface area contributed by atoms with Crippen molar-refractivity contribution in [1.82, 2.24) is 19.5 Å². The Morgan fingerprint density at radius 3 is 2.48 bits per heavy atom. The number of aliphatic hydroxyl groups excluding tert-OH is 3. The summed E-state index contributed by atoms with van der Waals surface area (Å²) in [4.78, 5) is 12.6. The predicted molar refractivity (Wildman–Crippen MR) is 116 cm³/mol. The SMILES string of the molecule is O=S(=O)(O)c1ccc(CCCCNc2ncnc3c2ncn3[C@@H]2O[C@H](CO)C(O)C2O)cc1. The molecule has 178 valence electrons. The number of nitrogens with zero attached hydrogens (tertiary/aromatic N) is 4. The van der Waals surface area contributed by atoms with Crippen molar-refractivity contribution in [3.05, 3.63) is 42.5 Å². The first-order chi connectivity index (χ1) is 15.8. The van der Waals surface area contributed by atoms with Gasteiger partial charge in [-0.1, -0.05) is 12.1 Å². The minimum Gasteiger partial charge on any atom is -0.394 e. The molecule has 1 aromatic carbocycles. The van der Waals surface area contributed by atoms with Crippen molar-refractivity contribution in [3.63, 3.8) is 0 Å². The number of ether oxygens (including phenoxy) is 1. The van der Waals surface area contributed by atoms with Crippen molar-refractivity contribution in [2.75, 3.05) is 18.5 Å². The summed E-state index contributed by atoms with van der Waals surface area (Å²) in [6, 6.07) is 6.11. The molecule has 3 aromatic rings. The fourth-order valence-electron chi connectivity index (χ4n) is 3.77. The standard InChI is InChI=1S/C20H25N5O7S/c26-9-14-16(27)17(28)20(32-14)25-11-24-15-18(22-10-23-19(15)25)21-8-2-1-3-12-4-6-13(7-5-12)33(29,30)31/h4-7,10-11,14,16-17,20,26-28H,1-3,8-9H2,(H,21,22,23)(H,29,30,31)/t14-,16?,17?,20-/m1/s1. The van der Waals surface area contributed by atoms with Gasteiger partial charge in [0.1, 0.15) is 24.6 Å². The van der Waals surface area contributed by atoms with E-state index in [1.165, 1.54) is 29.4 Å². The maximum Gasteiger partial charge on any atom is 0.294 e. The molecule has 0 radical (unpaired) electrons. The highest BCUT2D eigenvalue weighted by molar-refractivity contribution is 7.85. The highest BCUT2D eigenvalue weighted by Gasteiger charge is 2.44. The van der Waals surface area contributed by atoms with Crippen LogP contribution in [-0.4, -0.2) is 79.3 Å². The summed E-state index contributed by atoms with van der Waals surface area (Å²) in [5.41, 5.74) is 1.86. The molecule has 0 aliphatic carbocycles. The predicted octanol–water partition coefficient (Wildman–Crippen LogP) is 0.119. The Kier molecular flexibility index (Phi) is 6.88. The van der Waals surface area contributed by atoms with Crippen LogP contribution in [0.1, 0.15) is 24.6 Å². The number of hydrogen-bond donors (Lipinski definition) is 5. The van der Waals surface area contributed by atoms with Crippen LogP contribution in [0.5, 0.6) is 0 Å². The second kappa shape index (κ2) is 9.67. The van der Waals surface area contributed by atoms with E-state index in [0.717, 1.165) is 24.8 Å². The molecule has 12 nitrogen and oxygen atoms in total. The third kappa shape index (κ3) is 4.98. The van der Waals surface area contributed by atoms with Gasteiger partial charge in [0.25, 0.3) is 10.1 Å². The third-order valence-electron chi connectivity index (χ3n) is 5.56. The summed E-state index contributed by atoms with van der Waals surface area (Å²) in [5.74, 6) is 0.517. The number of nitrogens with one attached hydrogen (secondary N) is 1. The third-order valence-corrected chi connectivity index (χ3v) is 6.42. The first-order valence-electron chi connectivity index (χ1n) is 10.4. The van der Waals surface area contributed by atoms with Gasteiger partial charge < -0.3 is 25.4 Å². The summed E-state index contributed by atoms with van der Waals surface area (Å²) in [7, 11) is -4.19. The van der Waals surface area contributed by atoms with Crippen LogP contribution in [0.25, 0.3) is 11.2 Å². The lowest BCUT2D eigenvalue weighted by atomic mass is 10.1. The molecule has 0 spiro atoms. The fourth-order valence-corrected chi connectivity index (χ4v) is 4.25. The Balaban J connectivity index is 1.34. The van der Waals surface area contributed by atoms with E-state index in [2.05, 4.69) is 20.3 Å². The van der Waals surface area contributed by atoms with Crippen LogP contribution < -0.4 is 5.32 Å². The lowest BCUT2D eigenvalue weighted by Gasteiger charge is -2.16. The molecule has 1 fully saturated rings. The number of benzene rings is 1. The average Bonchev–Trinajstić information content (AvgIpc) is 3.34. The van der Waals surface area contributed by atoms with E-state index in [9.17, 15) is 23.7 Å². The first-order valence-corrected chi connectivity index (χ1v) is 11.8. The second-order valence-corrected chi connectivity index (χ2v) is 9.20. The molecule has 0 amide bonds. The number of hydrogen-bond acceptors (Lipinski definition) is 10. The lowest BCUT2D eigenvalue weighted by molar-refractivity contribution is -0.0511. The zero-order chi connectivity index (χ0) is 23.6. The molecule has 4 rings (SSSR count). The Hall–Kier alpha value is -2.68. The normalized spacial score (nSPS) is 23.3. The Bertz CT molecular complexity index is 1200. The summed E-state index contributed by atoms with van der Waals surface area (Å²) >= 11 is 0. The molecule has 13 heteroatoms. The van der Waals surface area contributed by atoms with E-state index in [4.69, 9.17) is 9.29 Å². The van der Waals surface area contributed by atoms with Crippen molar-refractivity contribution in [2.24, 2.45) is 0 Å². The smallest absolute Gasteiger partial charge is 0.294 e. The van der Waals surface area contributed by atoms with Crippen LogP contribution in [0.2, 0.25) is 0 Å². The average molecular weight is 480 g/mol. The van der Waals surface area contributed by atoms with E-state index in [-0.39, 0.29) is 4.90 Å². The van der Waals surface area contributed by atoms with Crippen molar-refractivity contribution in [1.29, 1.82) is 0 Å². The van der Waals surface area contributed by atoms with Crippen LogP contribution >= 0.6 is 0 Å². The van der Waals surface area contributed by atoms with Crippen LogP contribution in [0.4, 0.5) is 5.82 Å². The molecule has 0 bridgehead atoms. The van der Waals surface area contributed by atoms with Crippen molar-refractivity contribution in [3.8, 4) is 0 Å². The number of fused-ring (bicyclic) bond motifs is 1. The summed E-state index contributed by atoms with van der Waals surface area (Å²) in [6.07, 6.45) is 0.904. The summed E-state index contributed by atoms with van der Waals surface area (Å²) < 4.78 is 38.3. The number of aryl methyl sites for hydroxylation is 1. The molecule has 2 aromatic heterocycles. The van der Waals surface area contributed by atoms with Gasteiger partial charge in [0.15, 0.2) is 23.2 Å².